The highest BCUT2D eigenvalue weighted by Gasteiger charge is 2.17. The van der Waals surface area contributed by atoms with Gasteiger partial charge in [-0.2, -0.15) is 5.26 Å². The van der Waals surface area contributed by atoms with Crippen molar-refractivity contribution in [1.29, 1.82) is 0 Å². The van der Waals surface area contributed by atoms with E-state index in [-0.39, 0.29) is 5.92 Å². The second kappa shape index (κ2) is 9.97. The standard InChI is InChI=1S/C12H24O3/c1-3-5-6-7-8-9-10-11(4-2)12(13)15-14/h11,14H,3-10H2,1-2H3. The Labute approximate surface area is 92.8 Å². The molecule has 1 N–H and O–H groups in total. The van der Waals surface area contributed by atoms with Crippen molar-refractivity contribution in [2.75, 3.05) is 0 Å². The van der Waals surface area contributed by atoms with Crippen LogP contribution in [0.3, 0.4) is 0 Å². The number of carbonyl (C=O) groups excluding carboxylic acids is 1. The van der Waals surface area contributed by atoms with Crippen LogP contribution in [0, 0.1) is 5.92 Å². The van der Waals surface area contributed by atoms with Crippen LogP contribution in [0.4, 0.5) is 0 Å². The first-order chi connectivity index (χ1) is 7.26. The average Bonchev–Trinajstić information content (AvgIpc) is 2.27. The molecule has 0 aromatic rings. The Morgan fingerprint density at radius 1 is 1.13 bits per heavy atom. The highest BCUT2D eigenvalue weighted by Crippen LogP contribution is 2.16. The molecule has 0 aliphatic heterocycles. The minimum absolute atomic E-state index is 0.124. The molecule has 0 fully saturated rings. The van der Waals surface area contributed by atoms with E-state index in [0.29, 0.717) is 0 Å². The molecule has 0 aromatic carbocycles. The van der Waals surface area contributed by atoms with Crippen molar-refractivity contribution < 1.29 is 14.9 Å². The van der Waals surface area contributed by atoms with Gasteiger partial charge < -0.3 is 4.89 Å². The summed E-state index contributed by atoms with van der Waals surface area (Å²) in [7, 11) is 0. The fraction of sp³-hybridized carbons (Fsp3) is 0.917. The lowest BCUT2D eigenvalue weighted by atomic mass is 9.98. The van der Waals surface area contributed by atoms with E-state index in [1.165, 1.54) is 32.1 Å². The molecule has 90 valence electrons. The van der Waals surface area contributed by atoms with Crippen molar-refractivity contribution in [3.8, 4) is 0 Å². The number of carbonyl (C=O) groups is 1. The van der Waals surface area contributed by atoms with Crippen molar-refractivity contribution in [2.45, 2.75) is 65.2 Å². The zero-order valence-electron chi connectivity index (χ0n) is 10.00. The quantitative estimate of drug-likeness (QED) is 0.362. The Morgan fingerprint density at radius 3 is 2.27 bits per heavy atom. The van der Waals surface area contributed by atoms with Crippen molar-refractivity contribution in [2.24, 2.45) is 5.92 Å². The van der Waals surface area contributed by atoms with Gasteiger partial charge in [-0.1, -0.05) is 52.4 Å². The molecule has 0 aromatic heterocycles. The average molecular weight is 216 g/mol. The van der Waals surface area contributed by atoms with Crippen LogP contribution in [-0.4, -0.2) is 11.2 Å². The molecule has 0 rings (SSSR count). The van der Waals surface area contributed by atoms with Crippen LogP contribution in [0.1, 0.15) is 65.2 Å². The van der Waals surface area contributed by atoms with Crippen LogP contribution in [0.25, 0.3) is 0 Å². The van der Waals surface area contributed by atoms with E-state index in [1.807, 2.05) is 6.92 Å². The lowest BCUT2D eigenvalue weighted by molar-refractivity contribution is -0.239. The highest BCUT2D eigenvalue weighted by atomic mass is 17.1. The van der Waals surface area contributed by atoms with E-state index in [1.54, 1.807) is 0 Å². The van der Waals surface area contributed by atoms with Crippen molar-refractivity contribution in [3.63, 3.8) is 0 Å². The van der Waals surface area contributed by atoms with Crippen molar-refractivity contribution >= 4 is 5.97 Å². The van der Waals surface area contributed by atoms with Gasteiger partial charge in [0.15, 0.2) is 0 Å². The van der Waals surface area contributed by atoms with Crippen LogP contribution in [0.5, 0.6) is 0 Å². The maximum absolute atomic E-state index is 11.0. The fourth-order valence-electron chi connectivity index (χ4n) is 1.73. The topological polar surface area (TPSA) is 46.5 Å². The van der Waals surface area contributed by atoms with Crippen LogP contribution >= 0.6 is 0 Å². The molecule has 0 spiro atoms. The minimum Gasteiger partial charge on any atom is -0.301 e. The molecule has 0 radical (unpaired) electrons. The number of hydrogen-bond donors (Lipinski definition) is 1. The molecule has 0 bridgehead atoms. The predicted molar refractivity (Wildman–Crippen MR) is 60.5 cm³/mol. The molecule has 3 heteroatoms. The van der Waals surface area contributed by atoms with Crippen LogP contribution in [0.15, 0.2) is 0 Å². The molecule has 0 aliphatic rings. The van der Waals surface area contributed by atoms with Gasteiger partial charge in [0.2, 0.25) is 0 Å². The summed E-state index contributed by atoms with van der Waals surface area (Å²) in [5.41, 5.74) is 0. The summed E-state index contributed by atoms with van der Waals surface area (Å²) in [5.74, 6) is -0.604. The second-order valence-electron chi connectivity index (χ2n) is 4.07. The van der Waals surface area contributed by atoms with Gasteiger partial charge in [0.05, 0.1) is 5.92 Å². The van der Waals surface area contributed by atoms with Gasteiger partial charge in [-0.05, 0) is 12.8 Å². The molecule has 3 nitrogen and oxygen atoms in total. The molecule has 0 saturated carbocycles. The monoisotopic (exact) mass is 216 g/mol. The minimum atomic E-state index is -0.481. The molecule has 1 unspecified atom stereocenters. The third kappa shape index (κ3) is 7.37. The Hall–Kier alpha value is -0.570. The van der Waals surface area contributed by atoms with E-state index in [2.05, 4.69) is 11.8 Å². The largest absolute Gasteiger partial charge is 0.345 e. The first kappa shape index (κ1) is 14.4. The summed E-state index contributed by atoms with van der Waals surface area (Å²) in [5, 5.41) is 8.26. The molecule has 1 atom stereocenters. The number of hydrogen-bond acceptors (Lipinski definition) is 3. The summed E-state index contributed by atoms with van der Waals surface area (Å²) in [6.45, 7) is 4.14. The van der Waals surface area contributed by atoms with Gasteiger partial charge in [0, 0.05) is 0 Å². The zero-order valence-corrected chi connectivity index (χ0v) is 10.00. The first-order valence-electron chi connectivity index (χ1n) is 6.11. The van der Waals surface area contributed by atoms with Gasteiger partial charge in [-0.25, -0.2) is 4.79 Å². The summed E-state index contributed by atoms with van der Waals surface area (Å²) >= 11 is 0. The number of unbranched alkanes of at least 4 members (excludes halogenated alkanes) is 5. The third-order valence-corrected chi connectivity index (χ3v) is 2.82. The molecule has 0 amide bonds. The summed E-state index contributed by atoms with van der Waals surface area (Å²) in [6.07, 6.45) is 8.91. The molecule has 0 saturated heterocycles. The van der Waals surface area contributed by atoms with Gasteiger partial charge in [0.25, 0.3) is 0 Å². The van der Waals surface area contributed by atoms with Gasteiger partial charge in [-0.15, -0.1) is 0 Å². The lowest BCUT2D eigenvalue weighted by Gasteiger charge is -2.10. The summed E-state index contributed by atoms with van der Waals surface area (Å²) < 4.78 is 0. The van der Waals surface area contributed by atoms with Crippen molar-refractivity contribution in [1.82, 2.24) is 0 Å². The van der Waals surface area contributed by atoms with E-state index in [4.69, 9.17) is 5.26 Å². The van der Waals surface area contributed by atoms with Crippen LogP contribution < -0.4 is 0 Å². The Bertz CT molecular complexity index is 157. The first-order valence-corrected chi connectivity index (χ1v) is 6.11. The van der Waals surface area contributed by atoms with E-state index in [9.17, 15) is 4.79 Å². The van der Waals surface area contributed by atoms with Crippen LogP contribution in [0.2, 0.25) is 0 Å². The van der Waals surface area contributed by atoms with Crippen molar-refractivity contribution in [3.05, 3.63) is 0 Å². The second-order valence-corrected chi connectivity index (χ2v) is 4.07. The Kier molecular flexibility index (Phi) is 9.59. The summed E-state index contributed by atoms with van der Waals surface area (Å²) in [4.78, 5) is 14.8. The maximum atomic E-state index is 11.0. The van der Waals surface area contributed by atoms with Crippen LogP contribution in [-0.2, 0) is 9.68 Å². The SMILES string of the molecule is CCCCCCCCC(CC)C(=O)OO. The maximum Gasteiger partial charge on any atom is 0.345 e. The van der Waals surface area contributed by atoms with E-state index >= 15 is 0 Å². The molecular formula is C12H24O3. The summed E-state index contributed by atoms with van der Waals surface area (Å²) in [6, 6.07) is 0. The Balaban J connectivity index is 3.42. The predicted octanol–water partition coefficient (Wildman–Crippen LogP) is 3.78. The highest BCUT2D eigenvalue weighted by molar-refractivity contribution is 5.71. The molecular weight excluding hydrogens is 192 g/mol. The fourth-order valence-corrected chi connectivity index (χ4v) is 1.73. The van der Waals surface area contributed by atoms with E-state index in [0.717, 1.165) is 19.3 Å². The third-order valence-electron chi connectivity index (χ3n) is 2.82. The number of rotatable bonds is 9. The van der Waals surface area contributed by atoms with Gasteiger partial charge >= 0.3 is 5.97 Å². The molecule has 0 aliphatic carbocycles. The molecule has 15 heavy (non-hydrogen) atoms. The van der Waals surface area contributed by atoms with Gasteiger partial charge in [0.1, 0.15) is 0 Å². The smallest absolute Gasteiger partial charge is 0.301 e. The normalized spacial score (nSPS) is 12.5. The van der Waals surface area contributed by atoms with E-state index < -0.39 is 5.97 Å². The lowest BCUT2D eigenvalue weighted by Crippen LogP contribution is -2.15. The van der Waals surface area contributed by atoms with Gasteiger partial charge in [-0.3, -0.25) is 0 Å². The molecule has 0 heterocycles. The Morgan fingerprint density at radius 2 is 1.73 bits per heavy atom. The zero-order chi connectivity index (χ0) is 11.5.